The summed E-state index contributed by atoms with van der Waals surface area (Å²) >= 11 is 7.92. The molecule has 0 spiro atoms. The van der Waals surface area contributed by atoms with E-state index in [1.807, 2.05) is 11.8 Å². The molecule has 3 rings (SSSR count). The molecule has 0 atom stereocenters. The summed E-state index contributed by atoms with van der Waals surface area (Å²) in [5.41, 5.74) is 3.66. The molecule has 0 aliphatic heterocycles. The quantitative estimate of drug-likeness (QED) is 0.775. The Morgan fingerprint density at radius 1 is 1.42 bits per heavy atom. The molecule has 0 bridgehead atoms. The first kappa shape index (κ1) is 13.3. The van der Waals surface area contributed by atoms with E-state index in [0.29, 0.717) is 10.6 Å². The molecule has 0 saturated heterocycles. The summed E-state index contributed by atoms with van der Waals surface area (Å²) in [5, 5.41) is 0. The van der Waals surface area contributed by atoms with Gasteiger partial charge in [0.25, 0.3) is 0 Å². The van der Waals surface area contributed by atoms with Gasteiger partial charge in [-0.25, -0.2) is 4.98 Å². The van der Waals surface area contributed by atoms with E-state index in [0.717, 1.165) is 24.3 Å². The normalized spacial score (nSPS) is 17.0. The zero-order valence-corrected chi connectivity index (χ0v) is 13.0. The van der Waals surface area contributed by atoms with Crippen LogP contribution in [-0.2, 0) is 13.0 Å². The number of aryl methyl sites for hydroxylation is 2. The molecule has 1 aliphatic rings. The minimum absolute atomic E-state index is 0.443. The lowest BCUT2D eigenvalue weighted by Crippen LogP contribution is -2.16. The lowest BCUT2D eigenvalue weighted by Gasteiger charge is -2.16. The summed E-state index contributed by atoms with van der Waals surface area (Å²) < 4.78 is 2.84. The van der Waals surface area contributed by atoms with E-state index in [1.165, 1.54) is 23.9 Å². The third kappa shape index (κ3) is 2.50. The minimum Gasteiger partial charge on any atom is -0.327 e. The van der Waals surface area contributed by atoms with E-state index in [-0.39, 0.29) is 0 Å². The summed E-state index contributed by atoms with van der Waals surface area (Å²) in [6.07, 6.45) is 5.71. The number of hydrogen-bond acceptors (Lipinski definition) is 2. The second kappa shape index (κ2) is 5.02. The van der Waals surface area contributed by atoms with Crippen molar-refractivity contribution in [2.75, 3.05) is 12.1 Å². The van der Waals surface area contributed by atoms with E-state index < -0.39 is 0 Å². The van der Waals surface area contributed by atoms with Crippen molar-refractivity contribution in [3.8, 4) is 0 Å². The predicted octanol–water partition coefficient (Wildman–Crippen LogP) is 4.02. The second-order valence-corrected chi connectivity index (χ2v) is 7.08. The molecule has 1 saturated carbocycles. The van der Waals surface area contributed by atoms with Gasteiger partial charge in [0.05, 0.1) is 11.0 Å². The average Bonchev–Trinajstić information content (AvgIpc) is 3.11. The van der Waals surface area contributed by atoms with Crippen LogP contribution in [0, 0.1) is 6.92 Å². The van der Waals surface area contributed by atoms with Gasteiger partial charge < -0.3 is 4.57 Å². The number of aromatic nitrogens is 2. The molecule has 1 aromatic heterocycles. The second-order valence-electron chi connectivity index (χ2n) is 5.43. The first-order valence-electron chi connectivity index (χ1n) is 6.74. The van der Waals surface area contributed by atoms with Crippen LogP contribution in [0.4, 0.5) is 0 Å². The van der Waals surface area contributed by atoms with E-state index in [1.54, 1.807) is 0 Å². The Balaban J connectivity index is 2.07. The van der Waals surface area contributed by atoms with Gasteiger partial charge >= 0.3 is 0 Å². The average molecular weight is 295 g/mol. The van der Waals surface area contributed by atoms with Gasteiger partial charge in [-0.1, -0.05) is 6.07 Å². The van der Waals surface area contributed by atoms with Crippen LogP contribution in [-0.4, -0.2) is 26.4 Å². The van der Waals surface area contributed by atoms with Gasteiger partial charge in [-0.15, -0.1) is 11.6 Å². The molecule has 0 unspecified atom stereocenters. The number of rotatable bonds is 5. The number of halogens is 1. The number of imidazole rings is 1. The van der Waals surface area contributed by atoms with Crippen molar-refractivity contribution in [1.29, 1.82) is 0 Å². The topological polar surface area (TPSA) is 17.8 Å². The van der Waals surface area contributed by atoms with Crippen molar-refractivity contribution in [2.45, 2.75) is 37.5 Å². The first-order chi connectivity index (χ1) is 9.17. The fourth-order valence-electron chi connectivity index (χ4n) is 2.59. The Labute approximate surface area is 123 Å². The highest BCUT2D eigenvalue weighted by atomic mass is 35.5. The maximum atomic E-state index is 5.93. The number of benzene rings is 1. The largest absolute Gasteiger partial charge is 0.327 e. The van der Waals surface area contributed by atoms with Gasteiger partial charge in [-0.05, 0) is 43.7 Å². The minimum atomic E-state index is 0.443. The molecule has 1 fully saturated rings. The third-order valence-corrected chi connectivity index (χ3v) is 5.58. The molecule has 1 aromatic carbocycles. The third-order valence-electron chi connectivity index (χ3n) is 3.99. The maximum absolute atomic E-state index is 5.93. The molecule has 19 heavy (non-hydrogen) atoms. The molecule has 4 heteroatoms. The van der Waals surface area contributed by atoms with Gasteiger partial charge in [0.2, 0.25) is 0 Å². The Hall–Kier alpha value is -0.670. The fraction of sp³-hybridized carbons (Fsp3) is 0.533. The van der Waals surface area contributed by atoms with Crippen LogP contribution < -0.4 is 0 Å². The standard InChI is InChI=1S/C15H19ClN2S/c1-11-3-4-12-13(9-11)18(14(17-12)5-8-16)10-15(19-2)6-7-15/h3-4,9H,5-8,10H2,1-2H3. The molecular weight excluding hydrogens is 276 g/mol. The van der Waals surface area contributed by atoms with Gasteiger partial charge in [0, 0.05) is 23.6 Å². The van der Waals surface area contributed by atoms with Crippen molar-refractivity contribution < 1.29 is 0 Å². The molecule has 0 amide bonds. The zero-order chi connectivity index (χ0) is 13.5. The van der Waals surface area contributed by atoms with Crippen LogP contribution in [0.25, 0.3) is 11.0 Å². The van der Waals surface area contributed by atoms with Gasteiger partial charge in [-0.2, -0.15) is 11.8 Å². The number of hydrogen-bond donors (Lipinski definition) is 0. The van der Waals surface area contributed by atoms with E-state index in [4.69, 9.17) is 16.6 Å². The van der Waals surface area contributed by atoms with Crippen LogP contribution in [0.2, 0.25) is 0 Å². The molecular formula is C15H19ClN2S. The van der Waals surface area contributed by atoms with Gasteiger partial charge in [0.1, 0.15) is 5.82 Å². The van der Waals surface area contributed by atoms with Crippen LogP contribution in [0.1, 0.15) is 24.2 Å². The number of alkyl halides is 1. The summed E-state index contributed by atoms with van der Waals surface area (Å²) in [6.45, 7) is 3.21. The highest BCUT2D eigenvalue weighted by Gasteiger charge is 2.42. The van der Waals surface area contributed by atoms with E-state index in [9.17, 15) is 0 Å². The molecule has 1 aliphatic carbocycles. The Morgan fingerprint density at radius 2 is 2.21 bits per heavy atom. The molecule has 0 N–H and O–H groups in total. The van der Waals surface area contributed by atoms with Crippen molar-refractivity contribution in [3.05, 3.63) is 29.6 Å². The van der Waals surface area contributed by atoms with Crippen LogP contribution in [0.5, 0.6) is 0 Å². The highest BCUT2D eigenvalue weighted by Crippen LogP contribution is 2.49. The molecule has 1 heterocycles. The maximum Gasteiger partial charge on any atom is 0.111 e. The Bertz CT molecular complexity index is 601. The smallest absolute Gasteiger partial charge is 0.111 e. The highest BCUT2D eigenvalue weighted by molar-refractivity contribution is 8.00. The number of thioether (sulfide) groups is 1. The monoisotopic (exact) mass is 294 g/mol. The SMILES string of the molecule is CSC1(Cn2c(CCCl)nc3ccc(C)cc32)CC1. The van der Waals surface area contributed by atoms with Crippen LogP contribution >= 0.6 is 23.4 Å². The first-order valence-corrected chi connectivity index (χ1v) is 8.50. The van der Waals surface area contributed by atoms with Gasteiger partial charge in [-0.3, -0.25) is 0 Å². The molecule has 2 aromatic rings. The number of nitrogens with zero attached hydrogens (tertiary/aromatic N) is 2. The lowest BCUT2D eigenvalue weighted by molar-refractivity contribution is 0.645. The Morgan fingerprint density at radius 3 is 2.84 bits per heavy atom. The Kier molecular flexibility index (Phi) is 3.52. The van der Waals surface area contributed by atoms with E-state index in [2.05, 4.69) is 35.9 Å². The van der Waals surface area contributed by atoms with Crippen molar-refractivity contribution in [1.82, 2.24) is 9.55 Å². The molecule has 102 valence electrons. The van der Waals surface area contributed by atoms with Crippen molar-refractivity contribution >= 4 is 34.4 Å². The summed E-state index contributed by atoms with van der Waals surface area (Å²) in [5.74, 6) is 1.77. The summed E-state index contributed by atoms with van der Waals surface area (Å²) in [7, 11) is 0. The van der Waals surface area contributed by atoms with Crippen molar-refractivity contribution in [2.24, 2.45) is 0 Å². The predicted molar refractivity (Wildman–Crippen MR) is 84.4 cm³/mol. The molecule has 0 radical (unpaired) electrons. The van der Waals surface area contributed by atoms with Gasteiger partial charge in [0.15, 0.2) is 0 Å². The lowest BCUT2D eigenvalue weighted by atomic mass is 10.2. The zero-order valence-electron chi connectivity index (χ0n) is 11.4. The summed E-state index contributed by atoms with van der Waals surface area (Å²) in [6, 6.07) is 6.50. The molecule has 2 nitrogen and oxygen atoms in total. The number of fused-ring (bicyclic) bond motifs is 1. The summed E-state index contributed by atoms with van der Waals surface area (Å²) in [4.78, 5) is 4.76. The van der Waals surface area contributed by atoms with Crippen LogP contribution in [0.15, 0.2) is 18.2 Å². The fourth-order valence-corrected chi connectivity index (χ4v) is 3.53. The van der Waals surface area contributed by atoms with Crippen molar-refractivity contribution in [3.63, 3.8) is 0 Å². The van der Waals surface area contributed by atoms with E-state index >= 15 is 0 Å². The van der Waals surface area contributed by atoms with Crippen LogP contribution in [0.3, 0.4) is 0 Å².